The molecule has 0 spiro atoms. The Kier molecular flexibility index (Phi) is 7.17. The highest BCUT2D eigenvalue weighted by molar-refractivity contribution is 8.00. The summed E-state index contributed by atoms with van der Waals surface area (Å²) in [6, 6.07) is 13.5. The van der Waals surface area contributed by atoms with Crippen LogP contribution in [0.15, 0.2) is 57.8 Å². The van der Waals surface area contributed by atoms with Gasteiger partial charge in [0.25, 0.3) is 5.56 Å². The second-order valence-electron chi connectivity index (χ2n) is 8.51. The predicted octanol–water partition coefficient (Wildman–Crippen LogP) is 6.87. The molecule has 1 unspecified atom stereocenters. The van der Waals surface area contributed by atoms with Crippen LogP contribution < -0.4 is 10.9 Å². The van der Waals surface area contributed by atoms with Gasteiger partial charge in [0, 0.05) is 34.3 Å². The van der Waals surface area contributed by atoms with E-state index in [0.717, 1.165) is 27.9 Å². The number of thioether (sulfide) groups is 1. The van der Waals surface area contributed by atoms with E-state index in [2.05, 4.69) is 19.2 Å². The van der Waals surface area contributed by atoms with E-state index in [-0.39, 0.29) is 17.4 Å². The number of thiophene rings is 1. The lowest BCUT2D eigenvalue weighted by Crippen LogP contribution is -2.26. The van der Waals surface area contributed by atoms with Gasteiger partial charge in [0.1, 0.15) is 4.83 Å². The summed E-state index contributed by atoms with van der Waals surface area (Å²) in [5.41, 5.74) is 4.41. The second-order valence-corrected chi connectivity index (χ2v) is 11.1. The smallest absolute Gasteiger partial charge is 0.263 e. The van der Waals surface area contributed by atoms with E-state index in [9.17, 15) is 9.59 Å². The third-order valence-corrected chi connectivity index (χ3v) is 8.11. The van der Waals surface area contributed by atoms with Gasteiger partial charge in [-0.3, -0.25) is 14.2 Å². The first kappa shape index (κ1) is 24.5. The average Bonchev–Trinajstić information content (AvgIpc) is 3.22. The molecule has 1 atom stereocenters. The van der Waals surface area contributed by atoms with Gasteiger partial charge in [0.2, 0.25) is 5.91 Å². The molecule has 0 fully saturated rings. The molecular weight excluding hydrogens is 486 g/mol. The van der Waals surface area contributed by atoms with Gasteiger partial charge < -0.3 is 5.32 Å². The Balaban J connectivity index is 1.63. The minimum Gasteiger partial charge on any atom is -0.325 e. The zero-order chi connectivity index (χ0) is 24.6. The van der Waals surface area contributed by atoms with E-state index >= 15 is 0 Å². The van der Waals surface area contributed by atoms with Crippen molar-refractivity contribution < 1.29 is 4.79 Å². The number of anilines is 1. The molecule has 2 heterocycles. The van der Waals surface area contributed by atoms with Crippen molar-refractivity contribution in [1.82, 2.24) is 9.55 Å². The Morgan fingerprint density at radius 3 is 2.56 bits per heavy atom. The summed E-state index contributed by atoms with van der Waals surface area (Å²) in [6.07, 6.45) is 0. The van der Waals surface area contributed by atoms with Gasteiger partial charge in [-0.1, -0.05) is 73.6 Å². The minimum atomic E-state index is -0.446. The highest BCUT2D eigenvalue weighted by atomic mass is 35.5. The van der Waals surface area contributed by atoms with E-state index in [4.69, 9.17) is 16.6 Å². The molecule has 0 aliphatic heterocycles. The zero-order valence-electron chi connectivity index (χ0n) is 19.7. The number of aromatic nitrogens is 2. The number of nitrogens with one attached hydrogen (secondary N) is 1. The molecular formula is C26H26ClN3O2S2. The summed E-state index contributed by atoms with van der Waals surface area (Å²) in [4.78, 5) is 31.7. The summed E-state index contributed by atoms with van der Waals surface area (Å²) < 4.78 is 1.51. The Bertz CT molecular complexity index is 1440. The number of carbonyl (C=O) groups is 1. The number of halogens is 1. The number of hydrogen-bond donors (Lipinski definition) is 1. The number of aryl methyl sites for hydroxylation is 1. The molecule has 2 aromatic heterocycles. The first-order valence-corrected chi connectivity index (χ1v) is 13.1. The molecule has 4 aromatic rings. The average molecular weight is 512 g/mol. The Hall–Kier alpha value is -2.61. The molecule has 2 aromatic carbocycles. The summed E-state index contributed by atoms with van der Waals surface area (Å²) >= 11 is 9.06. The van der Waals surface area contributed by atoms with Crippen LogP contribution in [0.4, 0.5) is 5.69 Å². The lowest BCUT2D eigenvalue weighted by molar-refractivity contribution is -0.115. The zero-order valence-corrected chi connectivity index (χ0v) is 22.1. The maximum absolute atomic E-state index is 13.3. The van der Waals surface area contributed by atoms with Crippen LogP contribution in [-0.2, 0) is 11.8 Å². The summed E-state index contributed by atoms with van der Waals surface area (Å²) in [5.74, 6) is 0.160. The number of nitrogens with zero attached hydrogens (tertiary/aromatic N) is 2. The maximum Gasteiger partial charge on any atom is 0.263 e. The fourth-order valence-electron chi connectivity index (χ4n) is 3.82. The maximum atomic E-state index is 13.3. The van der Waals surface area contributed by atoms with E-state index in [1.54, 1.807) is 7.05 Å². The van der Waals surface area contributed by atoms with E-state index < -0.39 is 5.25 Å². The number of amides is 1. The molecule has 176 valence electrons. The van der Waals surface area contributed by atoms with Gasteiger partial charge in [-0.25, -0.2) is 4.98 Å². The highest BCUT2D eigenvalue weighted by Gasteiger charge is 2.22. The van der Waals surface area contributed by atoms with Crippen molar-refractivity contribution in [2.24, 2.45) is 7.05 Å². The molecule has 0 aliphatic rings. The van der Waals surface area contributed by atoms with Crippen LogP contribution >= 0.6 is 34.7 Å². The summed E-state index contributed by atoms with van der Waals surface area (Å²) in [5, 5.41) is 6.20. The fraction of sp³-hybridized carbons (Fsp3) is 0.269. The van der Waals surface area contributed by atoms with Crippen LogP contribution in [0.1, 0.15) is 37.8 Å². The first-order valence-electron chi connectivity index (χ1n) is 11.0. The SMILES string of the molecule is Cc1cccc(C(C)C)c1NC(=O)C(C)Sc1nc2scc(-c3ccccc3Cl)c2c(=O)n1C. The first-order chi connectivity index (χ1) is 16.2. The Morgan fingerprint density at radius 1 is 1.12 bits per heavy atom. The standard InChI is InChI=1S/C26H26ClN3O2S2/c1-14(2)17-11-8-9-15(3)22(17)28-23(31)16(4)34-26-29-24-21(25(32)30(26)5)19(13-33-24)18-10-6-7-12-20(18)27/h6-14,16H,1-5H3,(H,28,31). The Morgan fingerprint density at radius 2 is 1.85 bits per heavy atom. The van der Waals surface area contributed by atoms with Crippen molar-refractivity contribution in [2.45, 2.75) is 44.0 Å². The van der Waals surface area contributed by atoms with Crippen LogP contribution in [0.25, 0.3) is 21.3 Å². The molecule has 0 saturated heterocycles. The van der Waals surface area contributed by atoms with E-state index in [0.29, 0.717) is 20.4 Å². The fourth-order valence-corrected chi connectivity index (χ4v) is 5.91. The van der Waals surface area contributed by atoms with Crippen molar-refractivity contribution >= 4 is 56.5 Å². The van der Waals surface area contributed by atoms with Crippen molar-refractivity contribution in [3.05, 3.63) is 74.3 Å². The summed E-state index contributed by atoms with van der Waals surface area (Å²) in [7, 11) is 1.69. The van der Waals surface area contributed by atoms with Crippen LogP contribution in [0.5, 0.6) is 0 Å². The predicted molar refractivity (Wildman–Crippen MR) is 145 cm³/mol. The molecule has 8 heteroatoms. The van der Waals surface area contributed by atoms with Gasteiger partial charge in [-0.05, 0) is 37.0 Å². The largest absolute Gasteiger partial charge is 0.325 e. The molecule has 0 radical (unpaired) electrons. The number of carbonyl (C=O) groups excluding carboxylic acids is 1. The number of benzene rings is 2. The van der Waals surface area contributed by atoms with E-state index in [1.165, 1.54) is 27.7 Å². The third-order valence-electron chi connectivity index (χ3n) is 5.76. The van der Waals surface area contributed by atoms with Crippen molar-refractivity contribution in [3.8, 4) is 11.1 Å². The van der Waals surface area contributed by atoms with Crippen LogP contribution in [0.3, 0.4) is 0 Å². The topological polar surface area (TPSA) is 64.0 Å². The lowest BCUT2D eigenvalue weighted by Gasteiger charge is -2.19. The molecule has 5 nitrogen and oxygen atoms in total. The van der Waals surface area contributed by atoms with Crippen LogP contribution in [0, 0.1) is 6.92 Å². The molecule has 1 amide bonds. The molecule has 1 N–H and O–H groups in total. The van der Waals surface area contributed by atoms with Crippen molar-refractivity contribution in [2.75, 3.05) is 5.32 Å². The number of hydrogen-bond acceptors (Lipinski definition) is 5. The number of fused-ring (bicyclic) bond motifs is 1. The van der Waals surface area contributed by atoms with Crippen LogP contribution in [0.2, 0.25) is 5.02 Å². The van der Waals surface area contributed by atoms with Crippen molar-refractivity contribution in [1.29, 1.82) is 0 Å². The minimum absolute atomic E-state index is 0.126. The number of para-hydroxylation sites is 1. The molecule has 0 saturated carbocycles. The van der Waals surface area contributed by atoms with Gasteiger partial charge in [0.05, 0.1) is 10.6 Å². The van der Waals surface area contributed by atoms with Crippen LogP contribution in [-0.4, -0.2) is 20.7 Å². The van der Waals surface area contributed by atoms with Gasteiger partial charge in [0.15, 0.2) is 5.16 Å². The van der Waals surface area contributed by atoms with Gasteiger partial charge in [-0.2, -0.15) is 0 Å². The third kappa shape index (κ3) is 4.65. The normalized spacial score (nSPS) is 12.3. The molecule has 34 heavy (non-hydrogen) atoms. The monoisotopic (exact) mass is 511 g/mol. The number of rotatable bonds is 6. The second kappa shape index (κ2) is 9.94. The van der Waals surface area contributed by atoms with Crippen molar-refractivity contribution in [3.63, 3.8) is 0 Å². The summed E-state index contributed by atoms with van der Waals surface area (Å²) in [6.45, 7) is 8.03. The van der Waals surface area contributed by atoms with Gasteiger partial charge in [-0.15, -0.1) is 11.3 Å². The molecule has 0 aliphatic carbocycles. The molecule has 0 bridgehead atoms. The van der Waals surface area contributed by atoms with Gasteiger partial charge >= 0.3 is 0 Å². The lowest BCUT2D eigenvalue weighted by atomic mass is 9.98. The Labute approximate surface area is 212 Å². The van der Waals surface area contributed by atoms with E-state index in [1.807, 2.05) is 61.7 Å². The quantitative estimate of drug-likeness (QED) is 0.227. The molecule has 4 rings (SSSR count). The highest BCUT2D eigenvalue weighted by Crippen LogP contribution is 2.36.